The SMILES string of the molecule is Cc1cccc(C)c1B1c2ccc3c(-c4c(C)cccc4C)ccc4c3c2N2c3c-4nc(-c4c(C)cccc4C)nc3-c3ccc(-c4c(C)cccc4C)c4ccc1c2c34. The molecule has 1 aromatic heterocycles. The molecule has 4 heteroatoms. The molecule has 0 spiro atoms. The van der Waals surface area contributed by atoms with E-state index in [1.807, 2.05) is 0 Å². The first-order valence-corrected chi connectivity index (χ1v) is 21.3. The first kappa shape index (κ1) is 35.2. The number of benzene rings is 8. The second-order valence-electron chi connectivity index (χ2n) is 17.6. The summed E-state index contributed by atoms with van der Waals surface area (Å²) in [6, 6.07) is 45.8. The van der Waals surface area contributed by atoms with Gasteiger partial charge in [0.2, 0.25) is 6.71 Å². The van der Waals surface area contributed by atoms with Crippen LogP contribution in [0.15, 0.2) is 121 Å². The molecule has 286 valence electrons. The van der Waals surface area contributed by atoms with E-state index < -0.39 is 0 Å². The molecule has 0 amide bonds. The predicted molar refractivity (Wildman–Crippen MR) is 255 cm³/mol. The second-order valence-corrected chi connectivity index (χ2v) is 17.6. The Morgan fingerprint density at radius 1 is 0.367 bits per heavy atom. The lowest BCUT2D eigenvalue weighted by molar-refractivity contribution is 1.13. The fraction of sp³-hybridized carbons (Fsp3) is 0.143. The van der Waals surface area contributed by atoms with E-state index in [0.29, 0.717) is 0 Å². The summed E-state index contributed by atoms with van der Waals surface area (Å²) in [5, 5.41) is 5.05. The summed E-state index contributed by atoms with van der Waals surface area (Å²) < 4.78 is 0. The highest BCUT2D eigenvalue weighted by Crippen LogP contribution is 2.60. The lowest BCUT2D eigenvalue weighted by Crippen LogP contribution is -2.59. The van der Waals surface area contributed by atoms with E-state index in [2.05, 4.69) is 182 Å². The molecule has 0 fully saturated rings. The maximum absolute atomic E-state index is 5.69. The molecule has 0 unspecified atom stereocenters. The molecule has 0 N–H and O–H groups in total. The van der Waals surface area contributed by atoms with Gasteiger partial charge >= 0.3 is 0 Å². The molecule has 0 radical (unpaired) electrons. The molecule has 9 aromatic rings. The van der Waals surface area contributed by atoms with Gasteiger partial charge in [0.1, 0.15) is 0 Å². The van der Waals surface area contributed by atoms with E-state index in [9.17, 15) is 0 Å². The third kappa shape index (κ3) is 4.51. The number of aryl methyl sites for hydroxylation is 8. The maximum atomic E-state index is 5.69. The van der Waals surface area contributed by atoms with Gasteiger partial charge in [-0.2, -0.15) is 0 Å². The van der Waals surface area contributed by atoms with Crippen molar-refractivity contribution in [3.63, 3.8) is 0 Å². The fourth-order valence-electron chi connectivity index (χ4n) is 11.6. The van der Waals surface area contributed by atoms with Crippen LogP contribution >= 0.6 is 0 Å². The Bertz CT molecular complexity index is 3180. The minimum atomic E-state index is 0.0348. The van der Waals surface area contributed by atoms with Gasteiger partial charge < -0.3 is 4.90 Å². The summed E-state index contributed by atoms with van der Waals surface area (Å²) >= 11 is 0. The predicted octanol–water partition coefficient (Wildman–Crippen LogP) is 12.5. The number of anilines is 3. The molecule has 8 aromatic carbocycles. The smallest absolute Gasteiger partial charge is 0.247 e. The largest absolute Gasteiger partial charge is 0.306 e. The van der Waals surface area contributed by atoms with Crippen molar-refractivity contribution in [2.24, 2.45) is 0 Å². The molecule has 0 saturated heterocycles. The molecule has 4 heterocycles. The molecule has 0 saturated carbocycles. The Morgan fingerprint density at radius 3 is 1.15 bits per heavy atom. The van der Waals surface area contributed by atoms with Crippen LogP contribution in [0.2, 0.25) is 0 Å². The third-order valence-corrected chi connectivity index (χ3v) is 14.1. The van der Waals surface area contributed by atoms with Gasteiger partial charge in [-0.1, -0.05) is 138 Å². The quantitative estimate of drug-likeness (QED) is 0.167. The summed E-state index contributed by atoms with van der Waals surface area (Å²) in [6.07, 6.45) is 0. The highest BCUT2D eigenvalue weighted by Gasteiger charge is 2.46. The van der Waals surface area contributed by atoms with Crippen LogP contribution in [0.3, 0.4) is 0 Å². The summed E-state index contributed by atoms with van der Waals surface area (Å²) in [5.41, 5.74) is 28.4. The van der Waals surface area contributed by atoms with Crippen LogP contribution in [0, 0.1) is 55.4 Å². The van der Waals surface area contributed by atoms with Crippen molar-refractivity contribution in [1.82, 2.24) is 9.97 Å². The van der Waals surface area contributed by atoms with Crippen LogP contribution in [-0.4, -0.2) is 16.7 Å². The lowest BCUT2D eigenvalue weighted by Gasteiger charge is -2.45. The van der Waals surface area contributed by atoms with Crippen LogP contribution < -0.4 is 21.3 Å². The first-order chi connectivity index (χ1) is 29.1. The van der Waals surface area contributed by atoms with Crippen molar-refractivity contribution in [3.05, 3.63) is 166 Å². The van der Waals surface area contributed by atoms with Gasteiger partial charge in [-0.15, -0.1) is 0 Å². The zero-order valence-electron chi connectivity index (χ0n) is 35.5. The standard InChI is InChI=1S/C56H44BN3/c1-29-13-9-14-30(2)45(29)37-21-23-41-48-39(37)25-27-43-53(48)60-54-44(57(43)50-35(7)19-12-20-36(50)8)28-26-40-38(46-31(3)15-10-16-32(46)4)22-24-42(49(40)54)52-55(60)51(41)58-56(59-52)47-33(5)17-11-18-34(47)6/h9-28H,1-8H3. The van der Waals surface area contributed by atoms with Crippen LogP contribution in [0.4, 0.5) is 17.1 Å². The van der Waals surface area contributed by atoms with Crippen molar-refractivity contribution in [2.75, 3.05) is 4.90 Å². The highest BCUT2D eigenvalue weighted by molar-refractivity contribution is 6.99. The van der Waals surface area contributed by atoms with Crippen LogP contribution in [0.25, 0.3) is 77.7 Å². The van der Waals surface area contributed by atoms with E-state index in [4.69, 9.17) is 9.97 Å². The number of hydrogen-bond acceptors (Lipinski definition) is 3. The topological polar surface area (TPSA) is 29.0 Å². The summed E-state index contributed by atoms with van der Waals surface area (Å²) in [6.45, 7) is 18.0. The molecule has 3 aliphatic heterocycles. The summed E-state index contributed by atoms with van der Waals surface area (Å²) in [4.78, 5) is 14.0. The zero-order valence-corrected chi connectivity index (χ0v) is 35.5. The molecular formula is C56H44BN3. The van der Waals surface area contributed by atoms with Crippen molar-refractivity contribution >= 4 is 61.7 Å². The molecule has 60 heavy (non-hydrogen) atoms. The third-order valence-electron chi connectivity index (χ3n) is 14.1. The van der Waals surface area contributed by atoms with E-state index >= 15 is 0 Å². The van der Waals surface area contributed by atoms with E-state index in [0.717, 1.165) is 28.5 Å². The Balaban J connectivity index is 1.31. The second kappa shape index (κ2) is 12.4. The number of hydrogen-bond donors (Lipinski definition) is 0. The summed E-state index contributed by atoms with van der Waals surface area (Å²) in [5.74, 6) is 0.780. The van der Waals surface area contributed by atoms with Gasteiger partial charge in [-0.05, 0) is 133 Å². The Morgan fingerprint density at radius 2 is 0.733 bits per heavy atom. The van der Waals surface area contributed by atoms with E-state index in [1.165, 1.54) is 127 Å². The van der Waals surface area contributed by atoms with Crippen molar-refractivity contribution in [3.8, 4) is 56.2 Å². The lowest BCUT2D eigenvalue weighted by atomic mass is 9.33. The van der Waals surface area contributed by atoms with Gasteiger partial charge in [-0.25, -0.2) is 9.97 Å². The summed E-state index contributed by atoms with van der Waals surface area (Å²) in [7, 11) is 0. The van der Waals surface area contributed by atoms with E-state index in [-0.39, 0.29) is 6.71 Å². The highest BCUT2D eigenvalue weighted by atomic mass is 15.2. The van der Waals surface area contributed by atoms with Gasteiger partial charge in [-0.3, -0.25) is 0 Å². The van der Waals surface area contributed by atoms with Gasteiger partial charge in [0.25, 0.3) is 0 Å². The van der Waals surface area contributed by atoms with Crippen LogP contribution in [-0.2, 0) is 0 Å². The van der Waals surface area contributed by atoms with Crippen LogP contribution in [0.5, 0.6) is 0 Å². The van der Waals surface area contributed by atoms with Gasteiger partial charge in [0.05, 0.1) is 28.5 Å². The molecule has 0 bridgehead atoms. The van der Waals surface area contributed by atoms with Crippen molar-refractivity contribution in [1.29, 1.82) is 0 Å². The Labute approximate surface area is 352 Å². The average Bonchev–Trinajstić information content (AvgIpc) is 3.22. The number of aromatic nitrogens is 2. The van der Waals surface area contributed by atoms with Crippen molar-refractivity contribution < 1.29 is 0 Å². The maximum Gasteiger partial charge on any atom is 0.247 e. The van der Waals surface area contributed by atoms with Crippen LogP contribution in [0.1, 0.15) is 44.5 Å². The minimum Gasteiger partial charge on any atom is -0.306 e. The minimum absolute atomic E-state index is 0.0348. The number of nitrogens with zero attached hydrogens (tertiary/aromatic N) is 3. The normalized spacial score (nSPS) is 12.9. The molecule has 0 aliphatic carbocycles. The zero-order chi connectivity index (χ0) is 40.9. The molecular weight excluding hydrogens is 725 g/mol. The average molecular weight is 770 g/mol. The molecule has 0 atom stereocenters. The monoisotopic (exact) mass is 769 g/mol. The Kier molecular flexibility index (Phi) is 7.26. The Hall–Kier alpha value is -6.78. The molecule has 12 rings (SSSR count). The molecule has 3 aliphatic rings. The number of rotatable bonds is 4. The van der Waals surface area contributed by atoms with E-state index in [1.54, 1.807) is 0 Å². The molecule has 3 nitrogen and oxygen atoms in total. The fourth-order valence-corrected chi connectivity index (χ4v) is 11.6. The van der Waals surface area contributed by atoms with Gasteiger partial charge in [0.15, 0.2) is 5.82 Å². The number of fused-ring (bicyclic) bond motifs is 2. The first-order valence-electron chi connectivity index (χ1n) is 21.3. The van der Waals surface area contributed by atoms with Crippen molar-refractivity contribution in [2.45, 2.75) is 55.4 Å². The van der Waals surface area contributed by atoms with Gasteiger partial charge in [0, 0.05) is 27.5 Å².